The van der Waals surface area contributed by atoms with Crippen molar-refractivity contribution < 1.29 is 19.5 Å². The van der Waals surface area contributed by atoms with E-state index in [1.807, 2.05) is 48.5 Å². The van der Waals surface area contributed by atoms with Crippen LogP contribution in [0.2, 0.25) is 0 Å². The van der Waals surface area contributed by atoms with Gasteiger partial charge in [0.1, 0.15) is 0 Å². The fourth-order valence-electron chi connectivity index (χ4n) is 4.66. The van der Waals surface area contributed by atoms with E-state index in [1.165, 1.54) is 0 Å². The first-order chi connectivity index (χ1) is 16.4. The molecule has 0 aliphatic heterocycles. The lowest BCUT2D eigenvalue weighted by molar-refractivity contribution is -0.139. The average molecular weight is 467 g/mol. The van der Waals surface area contributed by atoms with Gasteiger partial charge >= 0.3 is 5.97 Å². The number of carboxylic acid groups (broad SMARTS) is 1. The molecule has 8 nitrogen and oxygen atoms in total. The molecule has 2 atom stereocenters. The summed E-state index contributed by atoms with van der Waals surface area (Å²) in [5.41, 5.74) is 7.23. The Balaban J connectivity index is 1.68. The largest absolute Gasteiger partial charge is 0.481 e. The maximum absolute atomic E-state index is 13.3. The fraction of sp³-hybridized carbons (Fsp3) is 0.462. The highest BCUT2D eigenvalue weighted by Gasteiger charge is 2.36. The van der Waals surface area contributed by atoms with Gasteiger partial charge in [-0.05, 0) is 36.0 Å². The van der Waals surface area contributed by atoms with E-state index in [9.17, 15) is 14.4 Å². The van der Waals surface area contributed by atoms with Gasteiger partial charge in [0, 0.05) is 31.3 Å². The summed E-state index contributed by atoms with van der Waals surface area (Å²) in [6, 6.07) is 14.2. The quantitative estimate of drug-likeness (QED) is 0.402. The molecule has 2 unspecified atom stereocenters. The maximum atomic E-state index is 13.3. The molecule has 2 aromatic rings. The molecule has 8 heteroatoms. The fourth-order valence-corrected chi connectivity index (χ4v) is 4.66. The first kappa shape index (κ1) is 25.4. The van der Waals surface area contributed by atoms with E-state index in [4.69, 9.17) is 10.8 Å². The van der Waals surface area contributed by atoms with Gasteiger partial charge in [0.2, 0.25) is 11.8 Å². The van der Waals surface area contributed by atoms with Crippen molar-refractivity contribution in [3.05, 3.63) is 66.0 Å². The number of carbonyl (C=O) groups is 3. The van der Waals surface area contributed by atoms with E-state index < -0.39 is 24.3 Å². The second kappa shape index (κ2) is 12.3. The molecule has 0 saturated heterocycles. The van der Waals surface area contributed by atoms with Crippen LogP contribution in [0.25, 0.3) is 0 Å². The van der Waals surface area contributed by atoms with Crippen molar-refractivity contribution in [3.8, 4) is 0 Å². The van der Waals surface area contributed by atoms with E-state index in [1.54, 1.807) is 6.20 Å². The molecule has 182 valence electrons. The topological polar surface area (TPSA) is 134 Å². The van der Waals surface area contributed by atoms with Crippen LogP contribution < -0.4 is 16.4 Å². The van der Waals surface area contributed by atoms with Gasteiger partial charge in [0.15, 0.2) is 0 Å². The van der Waals surface area contributed by atoms with Crippen LogP contribution >= 0.6 is 0 Å². The molecular formula is C26H34N4O4. The number of benzene rings is 1. The number of aromatic nitrogens is 1. The summed E-state index contributed by atoms with van der Waals surface area (Å²) in [5.74, 6) is -1.69. The molecular weight excluding hydrogens is 432 g/mol. The van der Waals surface area contributed by atoms with Crippen molar-refractivity contribution >= 4 is 17.8 Å². The number of aliphatic carboxylic acids is 1. The highest BCUT2D eigenvalue weighted by atomic mass is 16.4. The van der Waals surface area contributed by atoms with Gasteiger partial charge in [-0.25, -0.2) is 0 Å². The van der Waals surface area contributed by atoms with E-state index in [0.29, 0.717) is 13.0 Å². The van der Waals surface area contributed by atoms with Crippen LogP contribution in [0, 0.1) is 5.41 Å². The summed E-state index contributed by atoms with van der Waals surface area (Å²) in [5, 5.41) is 14.9. The van der Waals surface area contributed by atoms with Crippen molar-refractivity contribution in [1.82, 2.24) is 15.6 Å². The minimum Gasteiger partial charge on any atom is -0.481 e. The highest BCUT2D eigenvalue weighted by molar-refractivity contribution is 5.86. The van der Waals surface area contributed by atoms with Crippen molar-refractivity contribution in [3.63, 3.8) is 0 Å². The van der Waals surface area contributed by atoms with Crippen LogP contribution in [-0.4, -0.2) is 40.5 Å². The Morgan fingerprint density at radius 1 is 1.03 bits per heavy atom. The average Bonchev–Trinajstić information content (AvgIpc) is 2.83. The number of nitrogens with two attached hydrogens (primary N) is 1. The van der Waals surface area contributed by atoms with Crippen molar-refractivity contribution in [2.45, 2.75) is 63.5 Å². The molecule has 1 aromatic heterocycles. The lowest BCUT2D eigenvalue weighted by Gasteiger charge is -2.37. The number of hydrogen-bond donors (Lipinski definition) is 4. The second-order valence-corrected chi connectivity index (χ2v) is 9.22. The summed E-state index contributed by atoms with van der Waals surface area (Å²) >= 11 is 0. The van der Waals surface area contributed by atoms with Gasteiger partial charge in [-0.15, -0.1) is 0 Å². The minimum atomic E-state index is -1.12. The summed E-state index contributed by atoms with van der Waals surface area (Å²) in [7, 11) is 0. The second-order valence-electron chi connectivity index (χ2n) is 9.22. The smallest absolute Gasteiger partial charge is 0.305 e. The summed E-state index contributed by atoms with van der Waals surface area (Å²) in [4.78, 5) is 40.9. The number of nitrogens with zero attached hydrogens (tertiary/aromatic N) is 1. The van der Waals surface area contributed by atoms with Crippen molar-refractivity contribution in [2.75, 3.05) is 6.54 Å². The Kier molecular flexibility index (Phi) is 9.16. The van der Waals surface area contributed by atoms with Gasteiger partial charge in [-0.1, -0.05) is 55.7 Å². The maximum Gasteiger partial charge on any atom is 0.305 e. The predicted octanol–water partition coefficient (Wildman–Crippen LogP) is 2.74. The predicted molar refractivity (Wildman–Crippen MR) is 129 cm³/mol. The van der Waals surface area contributed by atoms with E-state index in [-0.39, 0.29) is 23.8 Å². The zero-order valence-electron chi connectivity index (χ0n) is 19.4. The van der Waals surface area contributed by atoms with Gasteiger partial charge in [0.25, 0.3) is 0 Å². The van der Waals surface area contributed by atoms with Crippen LogP contribution in [-0.2, 0) is 20.8 Å². The number of carboxylic acids is 1. The SMILES string of the molecule is NC(CC(=O)O)C(=O)NCC1(CC(=O)NC(Cc2ccccn2)c2ccccc2)CCCCC1. The van der Waals surface area contributed by atoms with Crippen LogP contribution in [0.3, 0.4) is 0 Å². The van der Waals surface area contributed by atoms with Crippen LogP contribution in [0.15, 0.2) is 54.7 Å². The highest BCUT2D eigenvalue weighted by Crippen LogP contribution is 2.39. The zero-order chi connectivity index (χ0) is 24.4. The van der Waals surface area contributed by atoms with E-state index in [2.05, 4.69) is 15.6 Å². The Hall–Kier alpha value is -3.26. The molecule has 1 aliphatic carbocycles. The standard InChI is InChI=1S/C26H34N4O4/c27-21(16-24(32)33)25(34)29-18-26(12-6-2-7-13-26)17-23(31)30-22(19-9-3-1-4-10-19)15-20-11-5-8-14-28-20/h1,3-5,8-11,14,21-22H,2,6-7,12-13,15-18,27H2,(H,29,34)(H,30,31)(H,32,33). The molecule has 1 aliphatic rings. The third-order valence-electron chi connectivity index (χ3n) is 6.50. The van der Waals surface area contributed by atoms with Gasteiger partial charge in [-0.3, -0.25) is 19.4 Å². The van der Waals surface area contributed by atoms with Crippen LogP contribution in [0.5, 0.6) is 0 Å². The minimum absolute atomic E-state index is 0.0734. The molecule has 2 amide bonds. The molecule has 0 radical (unpaired) electrons. The van der Waals surface area contributed by atoms with Gasteiger partial charge < -0.3 is 21.5 Å². The molecule has 34 heavy (non-hydrogen) atoms. The van der Waals surface area contributed by atoms with Gasteiger partial charge in [0.05, 0.1) is 18.5 Å². The number of hydrogen-bond acceptors (Lipinski definition) is 5. The molecule has 3 rings (SSSR count). The Morgan fingerprint density at radius 2 is 1.74 bits per heavy atom. The molecule has 0 spiro atoms. The summed E-state index contributed by atoms with van der Waals surface area (Å²) < 4.78 is 0. The third-order valence-corrected chi connectivity index (χ3v) is 6.50. The van der Waals surface area contributed by atoms with Crippen molar-refractivity contribution in [2.24, 2.45) is 11.1 Å². The number of pyridine rings is 1. The Labute approximate surface area is 200 Å². The summed E-state index contributed by atoms with van der Waals surface area (Å²) in [6.07, 6.45) is 6.90. The van der Waals surface area contributed by atoms with E-state index >= 15 is 0 Å². The number of carbonyl (C=O) groups excluding carboxylic acids is 2. The lowest BCUT2D eigenvalue weighted by Crippen LogP contribution is -2.48. The Bertz CT molecular complexity index is 946. The molecule has 1 fully saturated rings. The summed E-state index contributed by atoms with van der Waals surface area (Å²) in [6.45, 7) is 0.308. The molecule has 1 heterocycles. The normalized spacial score (nSPS) is 16.7. The molecule has 1 saturated carbocycles. The van der Waals surface area contributed by atoms with Crippen molar-refractivity contribution in [1.29, 1.82) is 0 Å². The van der Waals surface area contributed by atoms with Crippen LogP contribution in [0.1, 0.15) is 62.2 Å². The third kappa shape index (κ3) is 7.66. The lowest BCUT2D eigenvalue weighted by atomic mass is 9.71. The molecule has 0 bridgehead atoms. The van der Waals surface area contributed by atoms with Crippen LogP contribution in [0.4, 0.5) is 0 Å². The monoisotopic (exact) mass is 466 g/mol. The zero-order valence-corrected chi connectivity index (χ0v) is 19.4. The number of rotatable bonds is 11. The first-order valence-corrected chi connectivity index (χ1v) is 11.9. The van der Waals surface area contributed by atoms with E-state index in [0.717, 1.165) is 43.4 Å². The van der Waals surface area contributed by atoms with Gasteiger partial charge in [-0.2, -0.15) is 0 Å². The number of amides is 2. The Morgan fingerprint density at radius 3 is 2.38 bits per heavy atom. The number of nitrogens with one attached hydrogen (secondary N) is 2. The molecule has 5 N–H and O–H groups in total. The first-order valence-electron chi connectivity index (χ1n) is 11.9. The molecule has 1 aromatic carbocycles.